The lowest BCUT2D eigenvalue weighted by Crippen LogP contribution is -2.42. The van der Waals surface area contributed by atoms with Gasteiger partial charge in [0.2, 0.25) is 0 Å². The zero-order chi connectivity index (χ0) is 11.4. The molecule has 1 atom stereocenters. The molecule has 3 heteroatoms. The molecular weight excluding hydrogens is 200 g/mol. The van der Waals surface area contributed by atoms with Crippen LogP contribution in [0.3, 0.4) is 0 Å². The predicted octanol–water partition coefficient (Wildman–Crippen LogP) is 1.50. The first-order valence-electron chi connectivity index (χ1n) is 5.85. The van der Waals surface area contributed by atoms with E-state index in [1.807, 2.05) is 35.2 Å². The summed E-state index contributed by atoms with van der Waals surface area (Å²) in [5.41, 5.74) is 6.44. The van der Waals surface area contributed by atoms with E-state index in [2.05, 4.69) is 0 Å². The van der Waals surface area contributed by atoms with Crippen LogP contribution in [0.15, 0.2) is 30.3 Å². The molecule has 1 aromatic carbocycles. The van der Waals surface area contributed by atoms with E-state index < -0.39 is 0 Å². The lowest BCUT2D eigenvalue weighted by atomic mass is 9.97. The van der Waals surface area contributed by atoms with Crippen LogP contribution in [-0.4, -0.2) is 30.4 Å². The van der Waals surface area contributed by atoms with E-state index in [4.69, 9.17) is 5.73 Å². The third-order valence-corrected chi connectivity index (χ3v) is 3.16. The van der Waals surface area contributed by atoms with Gasteiger partial charge >= 0.3 is 0 Å². The van der Waals surface area contributed by atoms with Crippen molar-refractivity contribution in [1.29, 1.82) is 0 Å². The quantitative estimate of drug-likeness (QED) is 0.817. The third kappa shape index (κ3) is 2.42. The number of benzene rings is 1. The fourth-order valence-electron chi connectivity index (χ4n) is 2.21. The Morgan fingerprint density at radius 1 is 1.38 bits per heavy atom. The van der Waals surface area contributed by atoms with Crippen LogP contribution in [-0.2, 0) is 0 Å². The Balaban J connectivity index is 2.05. The van der Waals surface area contributed by atoms with Crippen molar-refractivity contribution in [3.63, 3.8) is 0 Å². The minimum absolute atomic E-state index is 0.138. The molecule has 1 saturated heterocycles. The topological polar surface area (TPSA) is 46.3 Å². The third-order valence-electron chi connectivity index (χ3n) is 3.16. The standard InChI is InChI=1S/C13H18N2O/c14-9-11-5-4-8-15(10-11)13(16)12-6-2-1-3-7-12/h1-3,6-7,11H,4-5,8-10,14H2. The molecule has 1 aromatic rings. The van der Waals surface area contributed by atoms with Gasteiger partial charge in [0.05, 0.1) is 0 Å². The molecule has 0 spiro atoms. The first-order valence-corrected chi connectivity index (χ1v) is 5.85. The van der Waals surface area contributed by atoms with Gasteiger partial charge in [-0.05, 0) is 37.4 Å². The minimum Gasteiger partial charge on any atom is -0.338 e. The van der Waals surface area contributed by atoms with Crippen LogP contribution in [0.1, 0.15) is 23.2 Å². The lowest BCUT2D eigenvalue weighted by molar-refractivity contribution is 0.0678. The second kappa shape index (κ2) is 5.12. The Bertz CT molecular complexity index is 350. The summed E-state index contributed by atoms with van der Waals surface area (Å²) in [6.45, 7) is 2.35. The Kier molecular flexibility index (Phi) is 3.57. The van der Waals surface area contributed by atoms with Crippen molar-refractivity contribution in [2.75, 3.05) is 19.6 Å². The second-order valence-electron chi connectivity index (χ2n) is 4.36. The number of nitrogens with two attached hydrogens (primary N) is 1. The number of hydrogen-bond acceptors (Lipinski definition) is 2. The van der Waals surface area contributed by atoms with Gasteiger partial charge in [0.25, 0.3) is 5.91 Å². The molecule has 1 amide bonds. The van der Waals surface area contributed by atoms with Crippen LogP contribution in [0.25, 0.3) is 0 Å². The number of carbonyl (C=O) groups is 1. The molecule has 0 aliphatic carbocycles. The first kappa shape index (κ1) is 11.1. The molecule has 1 aliphatic rings. The molecule has 0 saturated carbocycles. The molecule has 16 heavy (non-hydrogen) atoms. The van der Waals surface area contributed by atoms with Crippen molar-refractivity contribution in [2.24, 2.45) is 11.7 Å². The summed E-state index contributed by atoms with van der Waals surface area (Å²) in [6.07, 6.45) is 2.22. The zero-order valence-corrected chi connectivity index (χ0v) is 9.43. The predicted molar refractivity (Wildman–Crippen MR) is 64.1 cm³/mol. The highest BCUT2D eigenvalue weighted by atomic mass is 16.2. The minimum atomic E-state index is 0.138. The average Bonchev–Trinajstić information content (AvgIpc) is 2.39. The number of rotatable bonds is 2. The molecule has 1 fully saturated rings. The van der Waals surface area contributed by atoms with Gasteiger partial charge < -0.3 is 10.6 Å². The number of likely N-dealkylation sites (tertiary alicyclic amines) is 1. The van der Waals surface area contributed by atoms with Crippen molar-refractivity contribution < 1.29 is 4.79 Å². The normalized spacial score (nSPS) is 20.8. The van der Waals surface area contributed by atoms with Gasteiger partial charge in [-0.1, -0.05) is 18.2 Å². The van der Waals surface area contributed by atoms with Crippen molar-refractivity contribution >= 4 is 5.91 Å². The van der Waals surface area contributed by atoms with E-state index in [1.54, 1.807) is 0 Å². The largest absolute Gasteiger partial charge is 0.338 e. The lowest BCUT2D eigenvalue weighted by Gasteiger charge is -2.32. The van der Waals surface area contributed by atoms with Crippen molar-refractivity contribution in [3.05, 3.63) is 35.9 Å². The molecular formula is C13H18N2O. The van der Waals surface area contributed by atoms with Crippen molar-refractivity contribution in [1.82, 2.24) is 4.90 Å². The number of piperidine rings is 1. The highest BCUT2D eigenvalue weighted by molar-refractivity contribution is 5.94. The monoisotopic (exact) mass is 218 g/mol. The number of nitrogens with zero attached hydrogens (tertiary/aromatic N) is 1. The van der Waals surface area contributed by atoms with E-state index in [0.29, 0.717) is 12.5 Å². The maximum absolute atomic E-state index is 12.1. The molecule has 2 rings (SSSR count). The van der Waals surface area contributed by atoms with Gasteiger partial charge in [0, 0.05) is 18.7 Å². The maximum Gasteiger partial charge on any atom is 0.253 e. The van der Waals surface area contributed by atoms with E-state index >= 15 is 0 Å². The molecule has 0 bridgehead atoms. The average molecular weight is 218 g/mol. The summed E-state index contributed by atoms with van der Waals surface area (Å²) >= 11 is 0. The number of carbonyl (C=O) groups excluding carboxylic acids is 1. The van der Waals surface area contributed by atoms with Crippen LogP contribution in [0.4, 0.5) is 0 Å². The highest BCUT2D eigenvalue weighted by Gasteiger charge is 2.23. The highest BCUT2D eigenvalue weighted by Crippen LogP contribution is 2.17. The molecule has 0 aromatic heterocycles. The van der Waals surface area contributed by atoms with Gasteiger partial charge in [0.1, 0.15) is 0 Å². The molecule has 1 unspecified atom stereocenters. The summed E-state index contributed by atoms with van der Waals surface area (Å²) in [5, 5.41) is 0. The number of hydrogen-bond donors (Lipinski definition) is 1. The fraction of sp³-hybridized carbons (Fsp3) is 0.462. The van der Waals surface area contributed by atoms with E-state index in [-0.39, 0.29) is 5.91 Å². The van der Waals surface area contributed by atoms with E-state index in [0.717, 1.165) is 31.5 Å². The van der Waals surface area contributed by atoms with Crippen molar-refractivity contribution in [3.8, 4) is 0 Å². The second-order valence-corrected chi connectivity index (χ2v) is 4.36. The molecule has 86 valence electrons. The fourth-order valence-corrected chi connectivity index (χ4v) is 2.21. The molecule has 1 heterocycles. The Morgan fingerprint density at radius 2 is 2.12 bits per heavy atom. The summed E-state index contributed by atoms with van der Waals surface area (Å²) in [7, 11) is 0. The van der Waals surface area contributed by atoms with Crippen LogP contribution in [0, 0.1) is 5.92 Å². The molecule has 1 aliphatic heterocycles. The molecule has 0 radical (unpaired) electrons. The van der Waals surface area contributed by atoms with Crippen LogP contribution >= 0.6 is 0 Å². The van der Waals surface area contributed by atoms with Crippen LogP contribution in [0.5, 0.6) is 0 Å². The van der Waals surface area contributed by atoms with Gasteiger partial charge in [-0.15, -0.1) is 0 Å². The van der Waals surface area contributed by atoms with Crippen molar-refractivity contribution in [2.45, 2.75) is 12.8 Å². The number of amides is 1. The van der Waals surface area contributed by atoms with Gasteiger partial charge in [-0.2, -0.15) is 0 Å². The Hall–Kier alpha value is -1.35. The summed E-state index contributed by atoms with van der Waals surface area (Å²) in [4.78, 5) is 14.1. The van der Waals surface area contributed by atoms with Crippen LogP contribution < -0.4 is 5.73 Å². The molecule has 3 nitrogen and oxygen atoms in total. The summed E-state index contributed by atoms with van der Waals surface area (Å²) < 4.78 is 0. The summed E-state index contributed by atoms with van der Waals surface area (Å²) in [5.74, 6) is 0.611. The van der Waals surface area contributed by atoms with Gasteiger partial charge in [-0.25, -0.2) is 0 Å². The summed E-state index contributed by atoms with van der Waals surface area (Å²) in [6, 6.07) is 9.47. The van der Waals surface area contributed by atoms with E-state index in [9.17, 15) is 4.79 Å². The SMILES string of the molecule is NCC1CCCN(C(=O)c2ccccc2)C1. The maximum atomic E-state index is 12.1. The van der Waals surface area contributed by atoms with E-state index in [1.165, 1.54) is 0 Å². The van der Waals surface area contributed by atoms with Gasteiger partial charge in [-0.3, -0.25) is 4.79 Å². The molecule has 2 N–H and O–H groups in total. The smallest absolute Gasteiger partial charge is 0.253 e. The van der Waals surface area contributed by atoms with Crippen LogP contribution in [0.2, 0.25) is 0 Å². The van der Waals surface area contributed by atoms with Gasteiger partial charge in [0.15, 0.2) is 0 Å². The Morgan fingerprint density at radius 3 is 2.81 bits per heavy atom. The zero-order valence-electron chi connectivity index (χ0n) is 9.43. The first-order chi connectivity index (χ1) is 7.81. The Labute approximate surface area is 96.2 Å².